The Hall–Kier alpha value is -2.65. The molecule has 1 amide bonds. The molecule has 168 valence electrons. The van der Waals surface area contributed by atoms with E-state index in [4.69, 9.17) is 4.74 Å². The number of carbonyl (C=O) groups excluding carboxylic acids is 1. The smallest absolute Gasteiger partial charge is 0.255 e. The second-order valence-corrected chi connectivity index (χ2v) is 9.14. The third kappa shape index (κ3) is 4.67. The first-order valence-corrected chi connectivity index (χ1v) is 11.8. The molecule has 0 spiro atoms. The fraction of sp³-hybridized carbons (Fsp3) is 0.409. The van der Waals surface area contributed by atoms with Gasteiger partial charge in [0.1, 0.15) is 22.1 Å². The van der Waals surface area contributed by atoms with Crippen molar-refractivity contribution in [3.8, 4) is 5.75 Å². The Bertz CT molecular complexity index is 1050. The molecule has 0 unspecified atom stereocenters. The second kappa shape index (κ2) is 9.65. The summed E-state index contributed by atoms with van der Waals surface area (Å²) in [5, 5.41) is 2.64. The highest BCUT2D eigenvalue weighted by Crippen LogP contribution is 2.32. The van der Waals surface area contributed by atoms with Crippen LogP contribution in [0, 0.1) is 5.82 Å². The van der Waals surface area contributed by atoms with E-state index in [1.165, 1.54) is 35.7 Å². The Labute approximate surface area is 182 Å². The van der Waals surface area contributed by atoms with E-state index in [-0.39, 0.29) is 35.0 Å². The quantitative estimate of drug-likeness (QED) is 0.665. The van der Waals surface area contributed by atoms with E-state index in [0.717, 1.165) is 25.9 Å². The molecule has 2 aromatic carbocycles. The molecule has 1 N–H and O–H groups in total. The molecule has 1 fully saturated rings. The Morgan fingerprint density at radius 2 is 1.84 bits per heavy atom. The van der Waals surface area contributed by atoms with Crippen molar-refractivity contribution in [1.82, 2.24) is 4.31 Å². The van der Waals surface area contributed by atoms with Gasteiger partial charge in [0, 0.05) is 31.7 Å². The molecule has 7 nitrogen and oxygen atoms in total. The number of halogens is 1. The zero-order valence-corrected chi connectivity index (χ0v) is 18.8. The van der Waals surface area contributed by atoms with Crippen LogP contribution in [0.5, 0.6) is 5.75 Å². The second-order valence-electron chi connectivity index (χ2n) is 7.24. The molecule has 0 atom stereocenters. The van der Waals surface area contributed by atoms with Gasteiger partial charge in [0.25, 0.3) is 5.91 Å². The number of amides is 1. The molecule has 3 rings (SSSR count). The maximum atomic E-state index is 14.6. The minimum absolute atomic E-state index is 0.0957. The van der Waals surface area contributed by atoms with Crippen molar-refractivity contribution in [2.45, 2.75) is 31.6 Å². The summed E-state index contributed by atoms with van der Waals surface area (Å²) in [4.78, 5) is 14.9. The molecule has 0 bridgehead atoms. The maximum absolute atomic E-state index is 14.6. The van der Waals surface area contributed by atoms with Crippen LogP contribution >= 0.6 is 0 Å². The lowest BCUT2D eigenvalue weighted by atomic mass is 10.1. The number of hydrogen-bond acceptors (Lipinski definition) is 5. The predicted molar refractivity (Wildman–Crippen MR) is 119 cm³/mol. The van der Waals surface area contributed by atoms with Crippen LogP contribution in [-0.2, 0) is 10.0 Å². The standard InChI is InChI=1S/C22H28FN3O4S/c1-4-26(5-2)31(28,29)20-15-16(11-12-19(20)30-3)22(27)24-21-17(23)9-8-10-18(21)25-13-6-7-14-25/h8-12,15H,4-7,13-14H2,1-3H3,(H,24,27). The van der Waals surface area contributed by atoms with Crippen LogP contribution in [0.15, 0.2) is 41.3 Å². The van der Waals surface area contributed by atoms with Gasteiger partial charge < -0.3 is 15.0 Å². The summed E-state index contributed by atoms with van der Waals surface area (Å²) >= 11 is 0. The summed E-state index contributed by atoms with van der Waals surface area (Å²) in [7, 11) is -2.48. The van der Waals surface area contributed by atoms with E-state index < -0.39 is 21.7 Å². The van der Waals surface area contributed by atoms with Crippen molar-refractivity contribution < 1.29 is 22.3 Å². The average Bonchev–Trinajstić information content (AvgIpc) is 3.30. The molecule has 1 saturated heterocycles. The molecule has 0 saturated carbocycles. The molecular weight excluding hydrogens is 421 g/mol. The highest BCUT2D eigenvalue weighted by molar-refractivity contribution is 7.89. The summed E-state index contributed by atoms with van der Waals surface area (Å²) in [5.41, 5.74) is 0.816. The van der Waals surface area contributed by atoms with Crippen LogP contribution < -0.4 is 15.0 Å². The van der Waals surface area contributed by atoms with E-state index in [1.807, 2.05) is 4.90 Å². The number of anilines is 2. The topological polar surface area (TPSA) is 79.0 Å². The van der Waals surface area contributed by atoms with Gasteiger partial charge in [0.05, 0.1) is 12.8 Å². The van der Waals surface area contributed by atoms with Gasteiger partial charge in [-0.05, 0) is 43.2 Å². The van der Waals surface area contributed by atoms with Crippen molar-refractivity contribution in [3.63, 3.8) is 0 Å². The Morgan fingerprint density at radius 3 is 2.45 bits per heavy atom. The van der Waals surface area contributed by atoms with Crippen LogP contribution in [0.25, 0.3) is 0 Å². The summed E-state index contributed by atoms with van der Waals surface area (Å²) in [5.74, 6) is -0.987. The van der Waals surface area contributed by atoms with Crippen molar-refractivity contribution in [2.24, 2.45) is 0 Å². The lowest BCUT2D eigenvalue weighted by Crippen LogP contribution is -2.31. The Balaban J connectivity index is 1.97. The number of ether oxygens (including phenoxy) is 1. The Kier molecular flexibility index (Phi) is 7.17. The zero-order chi connectivity index (χ0) is 22.6. The third-order valence-electron chi connectivity index (χ3n) is 5.43. The Morgan fingerprint density at radius 1 is 1.16 bits per heavy atom. The van der Waals surface area contributed by atoms with Crippen LogP contribution in [0.3, 0.4) is 0 Å². The van der Waals surface area contributed by atoms with Gasteiger partial charge in [-0.25, -0.2) is 12.8 Å². The molecule has 0 aromatic heterocycles. The van der Waals surface area contributed by atoms with E-state index in [9.17, 15) is 17.6 Å². The molecular formula is C22H28FN3O4S. The number of hydrogen-bond donors (Lipinski definition) is 1. The van der Waals surface area contributed by atoms with Gasteiger partial charge in [0.2, 0.25) is 10.0 Å². The normalized spacial score (nSPS) is 14.2. The molecule has 1 heterocycles. The maximum Gasteiger partial charge on any atom is 0.255 e. The molecule has 0 radical (unpaired) electrons. The van der Waals surface area contributed by atoms with Crippen molar-refractivity contribution in [3.05, 3.63) is 47.8 Å². The fourth-order valence-electron chi connectivity index (χ4n) is 3.77. The molecule has 9 heteroatoms. The van der Waals surface area contributed by atoms with Crippen molar-refractivity contribution >= 4 is 27.3 Å². The number of carbonyl (C=O) groups is 1. The van der Waals surface area contributed by atoms with Gasteiger partial charge >= 0.3 is 0 Å². The summed E-state index contributed by atoms with van der Waals surface area (Å²) in [6.07, 6.45) is 2.02. The first kappa shape index (κ1) is 23.0. The van der Waals surface area contributed by atoms with Gasteiger partial charge in [-0.15, -0.1) is 0 Å². The number of methoxy groups -OCH3 is 1. The largest absolute Gasteiger partial charge is 0.495 e. The molecule has 1 aliphatic heterocycles. The fourth-order valence-corrected chi connectivity index (χ4v) is 5.41. The van der Waals surface area contributed by atoms with Gasteiger partial charge in [0.15, 0.2) is 0 Å². The minimum Gasteiger partial charge on any atom is -0.495 e. The molecule has 1 aliphatic rings. The van der Waals surface area contributed by atoms with E-state index >= 15 is 0 Å². The highest BCUT2D eigenvalue weighted by Gasteiger charge is 2.27. The summed E-state index contributed by atoms with van der Waals surface area (Å²) < 4.78 is 47.2. The average molecular weight is 450 g/mol. The molecule has 0 aliphatic carbocycles. The summed E-state index contributed by atoms with van der Waals surface area (Å²) in [6.45, 7) is 5.63. The van der Waals surface area contributed by atoms with E-state index in [0.29, 0.717) is 5.69 Å². The van der Waals surface area contributed by atoms with Gasteiger partial charge in [-0.1, -0.05) is 19.9 Å². The first-order valence-electron chi connectivity index (χ1n) is 10.4. The number of sulfonamides is 1. The van der Waals surface area contributed by atoms with Crippen LogP contribution in [0.2, 0.25) is 0 Å². The van der Waals surface area contributed by atoms with E-state index in [1.54, 1.807) is 26.0 Å². The van der Waals surface area contributed by atoms with E-state index in [2.05, 4.69) is 5.32 Å². The summed E-state index contributed by atoms with van der Waals surface area (Å²) in [6, 6.07) is 8.85. The predicted octanol–water partition coefficient (Wildman–Crippen LogP) is 3.72. The number of nitrogens with zero attached hydrogens (tertiary/aromatic N) is 2. The van der Waals surface area contributed by atoms with Gasteiger partial charge in [-0.3, -0.25) is 4.79 Å². The molecule has 31 heavy (non-hydrogen) atoms. The molecule has 2 aromatic rings. The number of nitrogens with one attached hydrogen (secondary N) is 1. The highest BCUT2D eigenvalue weighted by atomic mass is 32.2. The number of benzene rings is 2. The third-order valence-corrected chi connectivity index (χ3v) is 7.50. The van der Waals surface area contributed by atoms with Crippen LogP contribution in [0.1, 0.15) is 37.0 Å². The first-order chi connectivity index (χ1) is 14.8. The SMILES string of the molecule is CCN(CC)S(=O)(=O)c1cc(C(=O)Nc2c(F)cccc2N2CCCC2)ccc1OC. The minimum atomic E-state index is -3.86. The lowest BCUT2D eigenvalue weighted by Gasteiger charge is -2.22. The number of rotatable bonds is 8. The number of para-hydroxylation sites is 1. The van der Waals surface area contributed by atoms with Crippen molar-refractivity contribution in [2.75, 3.05) is 43.5 Å². The van der Waals surface area contributed by atoms with Crippen LogP contribution in [-0.4, -0.2) is 51.9 Å². The van der Waals surface area contributed by atoms with Crippen molar-refractivity contribution in [1.29, 1.82) is 0 Å². The van der Waals surface area contributed by atoms with Gasteiger partial charge in [-0.2, -0.15) is 4.31 Å². The monoisotopic (exact) mass is 449 g/mol. The van der Waals surface area contributed by atoms with Crippen LogP contribution in [0.4, 0.5) is 15.8 Å². The zero-order valence-electron chi connectivity index (χ0n) is 18.0. The lowest BCUT2D eigenvalue weighted by molar-refractivity contribution is 0.102.